The Morgan fingerprint density at radius 2 is 2.08 bits per heavy atom. The van der Waals surface area contributed by atoms with Crippen molar-refractivity contribution in [2.24, 2.45) is 0 Å². The second-order valence-electron chi connectivity index (χ2n) is 6.03. The van der Waals surface area contributed by atoms with E-state index in [9.17, 15) is 0 Å². The van der Waals surface area contributed by atoms with Crippen molar-refractivity contribution in [1.82, 2.24) is 19.7 Å². The lowest BCUT2D eigenvalue weighted by atomic mass is 10.2. The number of thiazole rings is 1. The summed E-state index contributed by atoms with van der Waals surface area (Å²) in [6, 6.07) is 8.11. The fraction of sp³-hybridized carbons (Fsp3) is 0.389. The van der Waals surface area contributed by atoms with Crippen LogP contribution in [0.4, 0.5) is 0 Å². The molecule has 3 rings (SSSR count). The van der Waals surface area contributed by atoms with E-state index in [-0.39, 0.29) is 0 Å². The molecule has 0 radical (unpaired) electrons. The zero-order chi connectivity index (χ0) is 18.5. The molecule has 0 saturated heterocycles. The summed E-state index contributed by atoms with van der Waals surface area (Å²) in [7, 11) is 2.02. The first-order valence-corrected chi connectivity index (χ1v) is 9.70. The van der Waals surface area contributed by atoms with Crippen LogP contribution in [0, 0.1) is 11.8 Å². The zero-order valence-corrected chi connectivity index (χ0v) is 16.8. The van der Waals surface area contributed by atoms with Gasteiger partial charge in [-0.05, 0) is 50.8 Å². The zero-order valence-electron chi connectivity index (χ0n) is 15.1. The maximum Gasteiger partial charge on any atom is 0.288 e. The van der Waals surface area contributed by atoms with Crippen LogP contribution in [0.1, 0.15) is 29.1 Å². The molecule has 2 aromatic heterocycles. The normalized spacial score (nSPS) is 11.2. The summed E-state index contributed by atoms with van der Waals surface area (Å²) in [5.41, 5.74) is 2.16. The summed E-state index contributed by atoms with van der Waals surface area (Å²) in [6.45, 7) is 5.98. The number of benzene rings is 1. The van der Waals surface area contributed by atoms with E-state index in [0.717, 1.165) is 23.0 Å². The lowest BCUT2D eigenvalue weighted by molar-refractivity contribution is 0.240. The van der Waals surface area contributed by atoms with Crippen LogP contribution in [-0.2, 0) is 19.6 Å². The number of nitrogens with zero attached hydrogens (tertiary/aromatic N) is 4. The number of ether oxygens (including phenoxy) is 1. The minimum absolute atomic E-state index is 0.380. The van der Waals surface area contributed by atoms with Gasteiger partial charge in [-0.2, -0.15) is 0 Å². The van der Waals surface area contributed by atoms with Gasteiger partial charge in [0.25, 0.3) is 4.84 Å². The lowest BCUT2D eigenvalue weighted by Gasteiger charge is -2.16. The van der Waals surface area contributed by atoms with Crippen LogP contribution < -0.4 is 4.74 Å². The van der Waals surface area contributed by atoms with E-state index in [1.807, 2.05) is 38.4 Å². The summed E-state index contributed by atoms with van der Waals surface area (Å²) < 4.78 is 12.8. The van der Waals surface area contributed by atoms with Gasteiger partial charge in [-0.1, -0.05) is 12.1 Å². The van der Waals surface area contributed by atoms with E-state index in [2.05, 4.69) is 27.1 Å². The molecule has 0 fully saturated rings. The molecule has 0 atom stereocenters. The van der Waals surface area contributed by atoms with Crippen molar-refractivity contribution in [3.05, 3.63) is 56.6 Å². The molecule has 0 amide bonds. The maximum absolute atomic E-state index is 5.61. The molecule has 0 aliphatic rings. The summed E-state index contributed by atoms with van der Waals surface area (Å²) in [5.74, 6) is 1.48. The number of aryl methyl sites for hydroxylation is 1. The van der Waals surface area contributed by atoms with Crippen LogP contribution >= 0.6 is 23.6 Å². The molecule has 0 saturated carbocycles. The van der Waals surface area contributed by atoms with Crippen molar-refractivity contribution in [2.45, 2.75) is 33.5 Å². The largest absolute Gasteiger partial charge is 0.494 e. The monoisotopic (exact) mass is 390 g/mol. The molecule has 0 unspecified atom stereocenters. The van der Waals surface area contributed by atoms with E-state index >= 15 is 0 Å². The molecule has 6 nitrogen and oxygen atoms in total. The number of aromatic nitrogens is 3. The van der Waals surface area contributed by atoms with Crippen molar-refractivity contribution in [3.8, 4) is 5.75 Å². The average molecular weight is 391 g/mol. The topological polar surface area (TPSA) is 56.3 Å². The smallest absolute Gasteiger partial charge is 0.288 e. The molecule has 0 bridgehead atoms. The number of rotatable bonds is 8. The van der Waals surface area contributed by atoms with Crippen molar-refractivity contribution in [3.63, 3.8) is 0 Å². The standard InChI is InChI=1S/C18H22N4O2S2/c1-4-23-16-7-5-14(6-8-16)10-21(3)12-22-18(25)24-17(20-22)9-15-11-26-13(2)19-15/h5-8,11H,4,9-10,12H2,1-3H3. The lowest BCUT2D eigenvalue weighted by Crippen LogP contribution is -2.22. The van der Waals surface area contributed by atoms with Crippen molar-refractivity contribution < 1.29 is 9.15 Å². The van der Waals surface area contributed by atoms with Gasteiger partial charge in [0.2, 0.25) is 5.89 Å². The second kappa shape index (κ2) is 8.57. The summed E-state index contributed by atoms with van der Waals surface area (Å²) >= 11 is 6.92. The number of hydrogen-bond donors (Lipinski definition) is 0. The van der Waals surface area contributed by atoms with Gasteiger partial charge in [0.15, 0.2) is 0 Å². The van der Waals surface area contributed by atoms with Crippen LogP contribution in [0.5, 0.6) is 5.75 Å². The first-order chi connectivity index (χ1) is 12.5. The molecule has 3 aromatic rings. The van der Waals surface area contributed by atoms with Gasteiger partial charge in [0.05, 0.1) is 30.4 Å². The second-order valence-corrected chi connectivity index (χ2v) is 7.44. The first kappa shape index (κ1) is 18.8. The van der Waals surface area contributed by atoms with Gasteiger partial charge < -0.3 is 9.15 Å². The molecular formula is C18H22N4O2S2. The molecule has 1 aromatic carbocycles. The molecule has 0 spiro atoms. The Labute approximate surface area is 162 Å². The fourth-order valence-electron chi connectivity index (χ4n) is 2.60. The molecule has 2 heterocycles. The van der Waals surface area contributed by atoms with Crippen molar-refractivity contribution in [2.75, 3.05) is 13.7 Å². The van der Waals surface area contributed by atoms with E-state index < -0.39 is 0 Å². The van der Waals surface area contributed by atoms with E-state index in [4.69, 9.17) is 21.4 Å². The Hall–Kier alpha value is -2.03. The quantitative estimate of drug-likeness (QED) is 0.541. The van der Waals surface area contributed by atoms with Gasteiger partial charge in [-0.25, -0.2) is 9.67 Å². The third kappa shape index (κ3) is 5.00. The molecule has 26 heavy (non-hydrogen) atoms. The SMILES string of the molecule is CCOc1ccc(CN(C)Cn2nc(Cc3csc(C)n3)oc2=S)cc1. The number of hydrogen-bond acceptors (Lipinski definition) is 7. The average Bonchev–Trinajstić information content (AvgIpc) is 3.15. The summed E-state index contributed by atoms with van der Waals surface area (Å²) in [6.07, 6.45) is 0.559. The van der Waals surface area contributed by atoms with Crippen LogP contribution in [0.2, 0.25) is 0 Å². The molecule has 8 heteroatoms. The highest BCUT2D eigenvalue weighted by Crippen LogP contribution is 2.15. The highest BCUT2D eigenvalue weighted by Gasteiger charge is 2.10. The summed E-state index contributed by atoms with van der Waals surface area (Å²) in [4.78, 5) is 6.95. The predicted octanol–water partition coefficient (Wildman–Crippen LogP) is 4.05. The molecule has 138 valence electrons. The Kier molecular flexibility index (Phi) is 6.18. The van der Waals surface area contributed by atoms with E-state index in [1.54, 1.807) is 16.0 Å². The maximum atomic E-state index is 5.61. The molecule has 0 aliphatic heterocycles. The minimum Gasteiger partial charge on any atom is -0.494 e. The van der Waals surface area contributed by atoms with Gasteiger partial charge in [-0.15, -0.1) is 16.4 Å². The van der Waals surface area contributed by atoms with Crippen LogP contribution in [0.15, 0.2) is 34.1 Å². The fourth-order valence-corrected chi connectivity index (χ4v) is 3.41. The minimum atomic E-state index is 0.380. The third-order valence-corrected chi connectivity index (χ3v) is 4.83. The highest BCUT2D eigenvalue weighted by atomic mass is 32.1. The summed E-state index contributed by atoms with van der Waals surface area (Å²) in [5, 5.41) is 7.54. The Balaban J connectivity index is 1.60. The van der Waals surface area contributed by atoms with E-state index in [0.29, 0.717) is 30.4 Å². The van der Waals surface area contributed by atoms with Gasteiger partial charge in [0.1, 0.15) is 5.75 Å². The Morgan fingerprint density at radius 1 is 1.31 bits per heavy atom. The predicted molar refractivity (Wildman–Crippen MR) is 104 cm³/mol. The van der Waals surface area contributed by atoms with Crippen LogP contribution in [0.25, 0.3) is 0 Å². The Bertz CT molecular complexity index is 899. The van der Waals surface area contributed by atoms with Gasteiger partial charge in [0, 0.05) is 11.9 Å². The van der Waals surface area contributed by atoms with Crippen molar-refractivity contribution in [1.29, 1.82) is 0 Å². The van der Waals surface area contributed by atoms with Crippen molar-refractivity contribution >= 4 is 23.6 Å². The molecule has 0 N–H and O–H groups in total. The van der Waals surface area contributed by atoms with Gasteiger partial charge >= 0.3 is 0 Å². The van der Waals surface area contributed by atoms with E-state index in [1.165, 1.54) is 5.56 Å². The molecule has 0 aliphatic carbocycles. The van der Waals surface area contributed by atoms with Gasteiger partial charge in [-0.3, -0.25) is 4.90 Å². The third-order valence-electron chi connectivity index (χ3n) is 3.71. The molecular weight excluding hydrogens is 368 g/mol. The first-order valence-electron chi connectivity index (χ1n) is 8.41. The van der Waals surface area contributed by atoms with Crippen LogP contribution in [-0.4, -0.2) is 33.3 Å². The van der Waals surface area contributed by atoms with Crippen LogP contribution in [0.3, 0.4) is 0 Å². The highest BCUT2D eigenvalue weighted by molar-refractivity contribution is 7.71. The Morgan fingerprint density at radius 3 is 2.73 bits per heavy atom.